The van der Waals surface area contributed by atoms with Crippen molar-refractivity contribution in [2.24, 2.45) is 0 Å². The van der Waals surface area contributed by atoms with Gasteiger partial charge in [0.05, 0.1) is 12.1 Å². The fourth-order valence-corrected chi connectivity index (χ4v) is 2.58. The molecule has 0 unspecified atom stereocenters. The smallest absolute Gasteiger partial charge is 0.251 e. The number of hydrogen-bond donors (Lipinski definition) is 0. The standard InChI is InChI=1S/C17H18ClN3O2/c1-11-8-15(12(2)22-11)17-20-19-16(23-17)10-21(3)9-13-4-6-14(18)7-5-13/h4-8H,9-10H2,1-3H3. The van der Waals surface area contributed by atoms with Crippen LogP contribution in [0.25, 0.3) is 11.5 Å². The Morgan fingerprint density at radius 3 is 2.43 bits per heavy atom. The maximum Gasteiger partial charge on any atom is 0.251 e. The highest BCUT2D eigenvalue weighted by atomic mass is 35.5. The second kappa shape index (κ2) is 6.56. The summed E-state index contributed by atoms with van der Waals surface area (Å²) in [6, 6.07) is 9.70. The molecular formula is C17H18ClN3O2. The summed E-state index contributed by atoms with van der Waals surface area (Å²) in [6.45, 7) is 5.14. The minimum Gasteiger partial charge on any atom is -0.466 e. The molecule has 0 aliphatic carbocycles. The molecule has 0 radical (unpaired) electrons. The zero-order valence-electron chi connectivity index (χ0n) is 13.3. The van der Waals surface area contributed by atoms with E-state index in [4.69, 9.17) is 20.4 Å². The Balaban J connectivity index is 1.66. The molecule has 6 heteroatoms. The molecule has 0 aliphatic rings. The molecule has 2 heterocycles. The van der Waals surface area contributed by atoms with E-state index in [0.717, 1.165) is 28.7 Å². The Morgan fingerprint density at radius 2 is 1.78 bits per heavy atom. The summed E-state index contributed by atoms with van der Waals surface area (Å²) in [5.74, 6) is 2.69. The van der Waals surface area contributed by atoms with Crippen LogP contribution >= 0.6 is 11.6 Å². The van der Waals surface area contributed by atoms with Crippen LogP contribution in [0.1, 0.15) is 23.0 Å². The van der Waals surface area contributed by atoms with E-state index in [1.54, 1.807) is 0 Å². The Bertz CT molecular complexity index is 793. The summed E-state index contributed by atoms with van der Waals surface area (Å²) in [6.07, 6.45) is 0. The molecule has 0 saturated carbocycles. The van der Waals surface area contributed by atoms with Gasteiger partial charge in [-0.2, -0.15) is 0 Å². The van der Waals surface area contributed by atoms with Crippen LogP contribution in [-0.2, 0) is 13.1 Å². The maximum atomic E-state index is 5.90. The number of aryl methyl sites for hydroxylation is 2. The monoisotopic (exact) mass is 331 g/mol. The first-order valence-corrected chi connectivity index (χ1v) is 7.72. The van der Waals surface area contributed by atoms with E-state index in [0.29, 0.717) is 18.3 Å². The van der Waals surface area contributed by atoms with Crippen molar-refractivity contribution in [2.45, 2.75) is 26.9 Å². The van der Waals surface area contributed by atoms with Crippen molar-refractivity contribution in [1.82, 2.24) is 15.1 Å². The number of benzene rings is 1. The molecule has 5 nitrogen and oxygen atoms in total. The normalized spacial score (nSPS) is 11.3. The van der Waals surface area contributed by atoms with Crippen LogP contribution in [-0.4, -0.2) is 22.1 Å². The van der Waals surface area contributed by atoms with Crippen molar-refractivity contribution < 1.29 is 8.83 Å². The van der Waals surface area contributed by atoms with Gasteiger partial charge in [0.1, 0.15) is 11.5 Å². The maximum absolute atomic E-state index is 5.90. The molecule has 3 aromatic rings. The summed E-state index contributed by atoms with van der Waals surface area (Å²) < 4.78 is 11.2. The van der Waals surface area contributed by atoms with Gasteiger partial charge in [-0.25, -0.2) is 0 Å². The Kier molecular flexibility index (Phi) is 4.50. The van der Waals surface area contributed by atoms with Crippen LogP contribution in [0.5, 0.6) is 0 Å². The Labute approximate surface area is 139 Å². The first-order valence-electron chi connectivity index (χ1n) is 7.34. The molecule has 0 saturated heterocycles. The van der Waals surface area contributed by atoms with Crippen LogP contribution in [0, 0.1) is 13.8 Å². The quantitative estimate of drug-likeness (QED) is 0.700. The molecule has 0 bridgehead atoms. The van der Waals surface area contributed by atoms with Gasteiger partial charge < -0.3 is 8.83 Å². The molecule has 23 heavy (non-hydrogen) atoms. The average Bonchev–Trinajstić information content (AvgIpc) is 3.07. The van der Waals surface area contributed by atoms with E-state index >= 15 is 0 Å². The molecule has 1 aromatic carbocycles. The van der Waals surface area contributed by atoms with Gasteiger partial charge in [-0.15, -0.1) is 10.2 Å². The third kappa shape index (κ3) is 3.81. The lowest BCUT2D eigenvalue weighted by Crippen LogP contribution is -2.17. The number of rotatable bonds is 5. The van der Waals surface area contributed by atoms with Crippen LogP contribution in [0.4, 0.5) is 0 Å². The van der Waals surface area contributed by atoms with E-state index < -0.39 is 0 Å². The first kappa shape index (κ1) is 15.8. The molecular weight excluding hydrogens is 314 g/mol. The van der Waals surface area contributed by atoms with Crippen LogP contribution < -0.4 is 0 Å². The van der Waals surface area contributed by atoms with Gasteiger partial charge in [-0.3, -0.25) is 4.90 Å². The molecule has 0 N–H and O–H groups in total. The number of nitrogens with zero attached hydrogens (tertiary/aromatic N) is 3. The summed E-state index contributed by atoms with van der Waals surface area (Å²) in [7, 11) is 2.01. The van der Waals surface area contributed by atoms with E-state index in [9.17, 15) is 0 Å². The number of hydrogen-bond acceptors (Lipinski definition) is 5. The van der Waals surface area contributed by atoms with E-state index in [-0.39, 0.29) is 0 Å². The second-order valence-corrected chi connectivity index (χ2v) is 6.06. The molecule has 120 valence electrons. The van der Waals surface area contributed by atoms with Gasteiger partial charge >= 0.3 is 0 Å². The van der Waals surface area contributed by atoms with Crippen molar-refractivity contribution in [1.29, 1.82) is 0 Å². The van der Waals surface area contributed by atoms with Crippen molar-refractivity contribution in [3.05, 3.63) is 58.3 Å². The highest BCUT2D eigenvalue weighted by Gasteiger charge is 2.15. The highest BCUT2D eigenvalue weighted by Crippen LogP contribution is 2.25. The third-order valence-corrected chi connectivity index (χ3v) is 3.76. The molecule has 0 atom stereocenters. The predicted octanol–water partition coefficient (Wildman–Crippen LogP) is 4.23. The molecule has 0 fully saturated rings. The van der Waals surface area contributed by atoms with Gasteiger partial charge in [0, 0.05) is 11.6 Å². The van der Waals surface area contributed by atoms with Crippen molar-refractivity contribution in [3.8, 4) is 11.5 Å². The third-order valence-electron chi connectivity index (χ3n) is 3.51. The van der Waals surface area contributed by atoms with Gasteiger partial charge in [-0.1, -0.05) is 23.7 Å². The summed E-state index contributed by atoms with van der Waals surface area (Å²) >= 11 is 5.90. The lowest BCUT2D eigenvalue weighted by atomic mass is 10.2. The summed E-state index contributed by atoms with van der Waals surface area (Å²) in [5, 5.41) is 8.97. The van der Waals surface area contributed by atoms with Gasteiger partial charge in [-0.05, 0) is 44.7 Å². The zero-order valence-corrected chi connectivity index (χ0v) is 14.1. The summed E-state index contributed by atoms with van der Waals surface area (Å²) in [4.78, 5) is 2.11. The minimum absolute atomic E-state index is 0.495. The van der Waals surface area contributed by atoms with Crippen LogP contribution in [0.15, 0.2) is 39.2 Å². The van der Waals surface area contributed by atoms with Gasteiger partial charge in [0.2, 0.25) is 5.89 Å². The fourth-order valence-electron chi connectivity index (χ4n) is 2.46. The van der Waals surface area contributed by atoms with E-state index in [2.05, 4.69) is 15.1 Å². The average molecular weight is 332 g/mol. The first-order chi connectivity index (χ1) is 11.0. The van der Waals surface area contributed by atoms with Crippen LogP contribution in [0.3, 0.4) is 0 Å². The number of furan rings is 1. The molecule has 2 aromatic heterocycles. The van der Waals surface area contributed by atoms with Gasteiger partial charge in [0.25, 0.3) is 5.89 Å². The molecule has 0 aliphatic heterocycles. The van der Waals surface area contributed by atoms with Crippen molar-refractivity contribution >= 4 is 11.6 Å². The van der Waals surface area contributed by atoms with Crippen molar-refractivity contribution in [2.75, 3.05) is 7.05 Å². The molecule has 3 rings (SSSR count). The predicted molar refractivity (Wildman–Crippen MR) is 88.1 cm³/mol. The lowest BCUT2D eigenvalue weighted by Gasteiger charge is -2.14. The van der Waals surface area contributed by atoms with Crippen molar-refractivity contribution in [3.63, 3.8) is 0 Å². The minimum atomic E-state index is 0.495. The highest BCUT2D eigenvalue weighted by molar-refractivity contribution is 6.30. The number of aromatic nitrogens is 2. The fraction of sp³-hybridized carbons (Fsp3) is 0.294. The van der Waals surface area contributed by atoms with E-state index in [1.807, 2.05) is 51.2 Å². The largest absolute Gasteiger partial charge is 0.466 e. The second-order valence-electron chi connectivity index (χ2n) is 5.63. The van der Waals surface area contributed by atoms with E-state index in [1.165, 1.54) is 5.56 Å². The number of halogens is 1. The Morgan fingerprint density at radius 1 is 1.04 bits per heavy atom. The molecule has 0 amide bonds. The SMILES string of the molecule is Cc1cc(-c2nnc(CN(C)Cc3ccc(Cl)cc3)o2)c(C)o1. The molecule has 0 spiro atoms. The lowest BCUT2D eigenvalue weighted by molar-refractivity contribution is 0.283. The summed E-state index contributed by atoms with van der Waals surface area (Å²) in [5.41, 5.74) is 2.03. The van der Waals surface area contributed by atoms with Crippen LogP contribution in [0.2, 0.25) is 5.02 Å². The Hall–Kier alpha value is -2.11. The zero-order chi connectivity index (χ0) is 16.4. The van der Waals surface area contributed by atoms with Gasteiger partial charge in [0.15, 0.2) is 0 Å². The topological polar surface area (TPSA) is 55.3 Å².